The Kier molecular flexibility index (Phi) is 4.96. The summed E-state index contributed by atoms with van der Waals surface area (Å²) in [6.07, 6.45) is 0. The summed E-state index contributed by atoms with van der Waals surface area (Å²) in [7, 11) is 0. The van der Waals surface area contributed by atoms with E-state index in [1.807, 2.05) is 0 Å². The fourth-order valence-electron chi connectivity index (χ4n) is 3.73. The molecule has 6 nitrogen and oxygen atoms in total. The van der Waals surface area contributed by atoms with Crippen LogP contribution < -0.4 is 0 Å². The molecule has 2 heterocycles. The Morgan fingerprint density at radius 1 is 0.857 bits per heavy atom. The lowest BCUT2D eigenvalue weighted by molar-refractivity contribution is -0.133. The molecule has 2 aromatic carbocycles. The average molecular weight is 377 g/mol. The summed E-state index contributed by atoms with van der Waals surface area (Å²) in [5.74, 6) is -0.941. The fourth-order valence-corrected chi connectivity index (χ4v) is 3.73. The number of aryl methyl sites for hydroxylation is 1. The van der Waals surface area contributed by atoms with E-state index in [4.69, 9.17) is 0 Å². The number of piperazine rings is 1. The second-order valence-electron chi connectivity index (χ2n) is 7.38. The fraction of sp³-hybridized carbons (Fsp3) is 0.318. The largest absolute Gasteiger partial charge is 0.339 e. The molecule has 3 amide bonds. The van der Waals surface area contributed by atoms with Gasteiger partial charge in [0, 0.05) is 32.7 Å². The van der Waals surface area contributed by atoms with Gasteiger partial charge >= 0.3 is 0 Å². The molecule has 0 bridgehead atoms. The minimum absolute atomic E-state index is 0.176. The first kappa shape index (κ1) is 18.4. The molecule has 1 saturated heterocycles. The van der Waals surface area contributed by atoms with Crippen LogP contribution in [0.3, 0.4) is 0 Å². The molecule has 28 heavy (non-hydrogen) atoms. The number of fused-ring (bicyclic) bond motifs is 1. The Balaban J connectivity index is 1.32. The van der Waals surface area contributed by atoms with Gasteiger partial charge in [0.1, 0.15) is 6.54 Å². The van der Waals surface area contributed by atoms with Crippen LogP contribution in [0, 0.1) is 6.92 Å². The molecule has 1 fully saturated rings. The standard InChI is InChI=1S/C22H23N3O3/c1-16-6-8-17(9-7-16)14-23-10-12-24(13-11-23)20(26)15-25-21(27)18-4-2-3-5-19(18)22(25)28/h2-9H,10-15H2,1H3. The van der Waals surface area contributed by atoms with Crippen LogP contribution in [0.15, 0.2) is 48.5 Å². The third-order valence-corrected chi connectivity index (χ3v) is 5.42. The van der Waals surface area contributed by atoms with E-state index in [0.717, 1.165) is 24.5 Å². The van der Waals surface area contributed by atoms with Gasteiger partial charge in [0.15, 0.2) is 0 Å². The highest BCUT2D eigenvalue weighted by Gasteiger charge is 2.37. The van der Waals surface area contributed by atoms with E-state index in [-0.39, 0.29) is 24.3 Å². The number of benzene rings is 2. The van der Waals surface area contributed by atoms with Crippen molar-refractivity contribution in [1.29, 1.82) is 0 Å². The van der Waals surface area contributed by atoms with Crippen molar-refractivity contribution in [1.82, 2.24) is 14.7 Å². The third kappa shape index (κ3) is 3.55. The normalized spacial score (nSPS) is 17.2. The van der Waals surface area contributed by atoms with Gasteiger partial charge in [-0.3, -0.25) is 24.2 Å². The predicted octanol–water partition coefficient (Wildman–Crippen LogP) is 1.94. The molecule has 2 aliphatic rings. The highest BCUT2D eigenvalue weighted by atomic mass is 16.2. The lowest BCUT2D eigenvalue weighted by Gasteiger charge is -2.35. The Labute approximate surface area is 164 Å². The average Bonchev–Trinajstić information content (AvgIpc) is 2.95. The Bertz CT molecular complexity index is 880. The van der Waals surface area contributed by atoms with Gasteiger partial charge in [-0.2, -0.15) is 0 Å². The third-order valence-electron chi connectivity index (χ3n) is 5.42. The van der Waals surface area contributed by atoms with Crippen molar-refractivity contribution in [2.75, 3.05) is 32.7 Å². The van der Waals surface area contributed by atoms with Gasteiger partial charge in [-0.05, 0) is 24.6 Å². The molecule has 0 N–H and O–H groups in total. The van der Waals surface area contributed by atoms with Gasteiger partial charge in [0.05, 0.1) is 11.1 Å². The first-order chi connectivity index (χ1) is 13.5. The topological polar surface area (TPSA) is 60.9 Å². The van der Waals surface area contributed by atoms with Crippen LogP contribution in [0.5, 0.6) is 0 Å². The quantitative estimate of drug-likeness (QED) is 0.764. The maximum absolute atomic E-state index is 12.7. The van der Waals surface area contributed by atoms with Crippen molar-refractivity contribution in [3.63, 3.8) is 0 Å². The van der Waals surface area contributed by atoms with Crippen LogP contribution in [0.1, 0.15) is 31.8 Å². The minimum Gasteiger partial charge on any atom is -0.339 e. The van der Waals surface area contributed by atoms with E-state index in [9.17, 15) is 14.4 Å². The van der Waals surface area contributed by atoms with E-state index in [2.05, 4.69) is 36.1 Å². The molecular weight excluding hydrogens is 354 g/mol. The maximum Gasteiger partial charge on any atom is 0.262 e. The van der Waals surface area contributed by atoms with Gasteiger partial charge in [0.25, 0.3) is 11.8 Å². The number of rotatable bonds is 4. The van der Waals surface area contributed by atoms with E-state index >= 15 is 0 Å². The van der Waals surface area contributed by atoms with E-state index in [1.54, 1.807) is 29.2 Å². The van der Waals surface area contributed by atoms with Gasteiger partial charge in [-0.25, -0.2) is 0 Å². The van der Waals surface area contributed by atoms with Crippen LogP contribution in [0.2, 0.25) is 0 Å². The van der Waals surface area contributed by atoms with E-state index in [1.165, 1.54) is 11.1 Å². The monoisotopic (exact) mass is 377 g/mol. The molecular formula is C22H23N3O3. The molecule has 0 unspecified atom stereocenters. The van der Waals surface area contributed by atoms with Gasteiger partial charge in [-0.15, -0.1) is 0 Å². The molecule has 0 saturated carbocycles. The maximum atomic E-state index is 12.7. The van der Waals surface area contributed by atoms with Crippen molar-refractivity contribution < 1.29 is 14.4 Å². The molecule has 144 valence electrons. The van der Waals surface area contributed by atoms with Gasteiger partial charge in [0.2, 0.25) is 5.91 Å². The summed E-state index contributed by atoms with van der Waals surface area (Å²) in [5.41, 5.74) is 3.26. The van der Waals surface area contributed by atoms with Crippen LogP contribution in [0.25, 0.3) is 0 Å². The summed E-state index contributed by atoms with van der Waals surface area (Å²) >= 11 is 0. The SMILES string of the molecule is Cc1ccc(CN2CCN(C(=O)CN3C(=O)c4ccccc4C3=O)CC2)cc1. The Morgan fingerprint density at radius 3 is 2.00 bits per heavy atom. The highest BCUT2D eigenvalue weighted by molar-refractivity contribution is 6.22. The van der Waals surface area contributed by atoms with Crippen LogP contribution in [-0.4, -0.2) is 65.1 Å². The second kappa shape index (κ2) is 7.56. The number of hydrogen-bond acceptors (Lipinski definition) is 4. The first-order valence-corrected chi connectivity index (χ1v) is 9.54. The molecule has 6 heteroatoms. The van der Waals surface area contributed by atoms with Gasteiger partial charge in [-0.1, -0.05) is 42.0 Å². The van der Waals surface area contributed by atoms with Crippen molar-refractivity contribution in [2.24, 2.45) is 0 Å². The van der Waals surface area contributed by atoms with Crippen LogP contribution >= 0.6 is 0 Å². The Morgan fingerprint density at radius 2 is 1.43 bits per heavy atom. The molecule has 0 aliphatic carbocycles. The second-order valence-corrected chi connectivity index (χ2v) is 7.38. The number of amides is 3. The van der Waals surface area contributed by atoms with Gasteiger partial charge < -0.3 is 4.90 Å². The van der Waals surface area contributed by atoms with Crippen molar-refractivity contribution in [3.05, 3.63) is 70.8 Å². The first-order valence-electron chi connectivity index (χ1n) is 9.54. The summed E-state index contributed by atoms with van der Waals surface area (Å²) in [6, 6.07) is 15.2. The molecule has 0 atom stereocenters. The lowest BCUT2D eigenvalue weighted by Crippen LogP contribution is -2.51. The molecule has 2 aromatic rings. The number of carbonyl (C=O) groups excluding carboxylic acids is 3. The zero-order valence-electron chi connectivity index (χ0n) is 15.9. The summed E-state index contributed by atoms with van der Waals surface area (Å²) in [5, 5.41) is 0. The molecule has 4 rings (SSSR count). The molecule has 0 spiro atoms. The zero-order valence-corrected chi connectivity index (χ0v) is 15.9. The van der Waals surface area contributed by atoms with Crippen molar-refractivity contribution >= 4 is 17.7 Å². The van der Waals surface area contributed by atoms with Crippen LogP contribution in [0.4, 0.5) is 0 Å². The highest BCUT2D eigenvalue weighted by Crippen LogP contribution is 2.22. The number of hydrogen-bond donors (Lipinski definition) is 0. The van der Waals surface area contributed by atoms with Crippen LogP contribution in [-0.2, 0) is 11.3 Å². The molecule has 2 aliphatic heterocycles. The van der Waals surface area contributed by atoms with E-state index < -0.39 is 0 Å². The number of nitrogens with zero attached hydrogens (tertiary/aromatic N) is 3. The smallest absolute Gasteiger partial charge is 0.262 e. The molecule has 0 radical (unpaired) electrons. The minimum atomic E-state index is -0.382. The summed E-state index contributed by atoms with van der Waals surface area (Å²) < 4.78 is 0. The number of imide groups is 1. The zero-order chi connectivity index (χ0) is 19.7. The predicted molar refractivity (Wildman–Crippen MR) is 105 cm³/mol. The Hall–Kier alpha value is -2.99. The summed E-state index contributed by atoms with van der Waals surface area (Å²) in [6.45, 7) is 5.51. The van der Waals surface area contributed by atoms with E-state index in [0.29, 0.717) is 24.2 Å². The van der Waals surface area contributed by atoms with Crippen molar-refractivity contribution in [2.45, 2.75) is 13.5 Å². The molecule has 0 aromatic heterocycles. The van der Waals surface area contributed by atoms with Crippen molar-refractivity contribution in [3.8, 4) is 0 Å². The number of carbonyl (C=O) groups is 3. The lowest BCUT2D eigenvalue weighted by atomic mass is 10.1. The summed E-state index contributed by atoms with van der Waals surface area (Å²) in [4.78, 5) is 42.6.